The van der Waals surface area contributed by atoms with Crippen molar-refractivity contribution < 1.29 is 22.4 Å². The molecule has 2 aromatic heterocycles. The second kappa shape index (κ2) is 6.87. The topological polar surface area (TPSA) is 42.0 Å². The van der Waals surface area contributed by atoms with Crippen LogP contribution in [0.4, 0.5) is 23.2 Å². The van der Waals surface area contributed by atoms with Gasteiger partial charge in [-0.15, -0.1) is 0 Å². The zero-order valence-electron chi connectivity index (χ0n) is 13.4. The third-order valence-corrected chi connectivity index (χ3v) is 4.37. The number of benzene rings is 1. The van der Waals surface area contributed by atoms with E-state index >= 15 is 0 Å². The van der Waals surface area contributed by atoms with E-state index in [1.54, 1.807) is 13.0 Å². The molecule has 1 amide bonds. The molecule has 0 aliphatic rings. The van der Waals surface area contributed by atoms with Gasteiger partial charge in [0.15, 0.2) is 0 Å². The third kappa shape index (κ3) is 3.75. The number of hydrogen-bond acceptors (Lipinski definition) is 3. The van der Waals surface area contributed by atoms with Crippen molar-refractivity contribution in [1.82, 2.24) is 4.98 Å². The molecular weight excluding hydrogens is 368 g/mol. The predicted octanol–water partition coefficient (Wildman–Crippen LogP) is 5.53. The lowest BCUT2D eigenvalue weighted by Crippen LogP contribution is -2.16. The number of rotatable bonds is 3. The normalized spacial score (nSPS) is 11.4. The van der Waals surface area contributed by atoms with Gasteiger partial charge in [0.25, 0.3) is 5.91 Å². The lowest BCUT2D eigenvalue weighted by Gasteiger charge is -2.12. The van der Waals surface area contributed by atoms with Crippen LogP contribution < -0.4 is 5.32 Å². The van der Waals surface area contributed by atoms with Gasteiger partial charge in [-0.05, 0) is 48.7 Å². The van der Waals surface area contributed by atoms with Crippen LogP contribution in [0.5, 0.6) is 0 Å². The SMILES string of the molecule is Cc1nc(-c2ccsc2)ccc1C(=O)Nc1cc(C(F)(F)F)ccc1F. The summed E-state index contributed by atoms with van der Waals surface area (Å²) in [5.74, 6) is -1.68. The molecule has 0 fully saturated rings. The number of nitrogens with one attached hydrogen (secondary N) is 1. The van der Waals surface area contributed by atoms with E-state index in [-0.39, 0.29) is 5.56 Å². The first-order valence-corrected chi connectivity index (χ1v) is 8.38. The molecule has 3 nitrogen and oxygen atoms in total. The fraction of sp³-hybridized carbons (Fsp3) is 0.111. The van der Waals surface area contributed by atoms with Gasteiger partial charge >= 0.3 is 6.18 Å². The van der Waals surface area contributed by atoms with E-state index in [0.29, 0.717) is 29.6 Å². The fourth-order valence-electron chi connectivity index (χ4n) is 2.36. The van der Waals surface area contributed by atoms with Crippen molar-refractivity contribution in [1.29, 1.82) is 0 Å². The van der Waals surface area contributed by atoms with Crippen LogP contribution >= 0.6 is 11.3 Å². The number of hydrogen-bond donors (Lipinski definition) is 1. The van der Waals surface area contributed by atoms with E-state index in [1.807, 2.05) is 16.8 Å². The number of pyridine rings is 1. The van der Waals surface area contributed by atoms with Crippen molar-refractivity contribution in [3.8, 4) is 11.3 Å². The molecule has 0 aliphatic heterocycles. The average Bonchev–Trinajstić information content (AvgIpc) is 3.10. The molecule has 1 N–H and O–H groups in total. The van der Waals surface area contributed by atoms with E-state index < -0.39 is 29.2 Å². The predicted molar refractivity (Wildman–Crippen MR) is 91.6 cm³/mol. The van der Waals surface area contributed by atoms with Crippen molar-refractivity contribution in [2.45, 2.75) is 13.1 Å². The van der Waals surface area contributed by atoms with Crippen LogP contribution in [0.15, 0.2) is 47.2 Å². The molecule has 0 atom stereocenters. The summed E-state index contributed by atoms with van der Waals surface area (Å²) in [7, 11) is 0. The minimum Gasteiger partial charge on any atom is -0.319 e. The smallest absolute Gasteiger partial charge is 0.319 e. The molecular formula is C18H12F4N2OS. The molecule has 0 saturated heterocycles. The first-order valence-electron chi connectivity index (χ1n) is 7.44. The highest BCUT2D eigenvalue weighted by Crippen LogP contribution is 2.32. The van der Waals surface area contributed by atoms with Crippen LogP contribution in [0.1, 0.15) is 21.6 Å². The zero-order chi connectivity index (χ0) is 18.9. The quantitative estimate of drug-likeness (QED) is 0.607. The van der Waals surface area contributed by atoms with Gasteiger partial charge in [0.2, 0.25) is 0 Å². The highest BCUT2D eigenvalue weighted by atomic mass is 32.1. The van der Waals surface area contributed by atoms with Crippen molar-refractivity contribution in [3.05, 3.63) is 69.8 Å². The standard InChI is InChI=1S/C18H12F4N2OS/c1-10-13(3-5-15(23-10)11-6-7-26-9-11)17(25)24-16-8-12(18(20,21)22)2-4-14(16)19/h2-9H,1H3,(H,24,25). The molecule has 134 valence electrons. The molecule has 0 saturated carbocycles. The number of alkyl halides is 3. The van der Waals surface area contributed by atoms with E-state index in [9.17, 15) is 22.4 Å². The monoisotopic (exact) mass is 380 g/mol. The van der Waals surface area contributed by atoms with Crippen LogP contribution in [0, 0.1) is 12.7 Å². The molecule has 0 radical (unpaired) electrons. The summed E-state index contributed by atoms with van der Waals surface area (Å²) >= 11 is 1.50. The Morgan fingerprint density at radius 2 is 1.92 bits per heavy atom. The number of anilines is 1. The Bertz CT molecular complexity index is 952. The number of halogens is 4. The van der Waals surface area contributed by atoms with Crippen molar-refractivity contribution >= 4 is 22.9 Å². The van der Waals surface area contributed by atoms with Gasteiger partial charge in [0.05, 0.1) is 28.2 Å². The Hall–Kier alpha value is -2.74. The van der Waals surface area contributed by atoms with Gasteiger partial charge in [-0.25, -0.2) is 4.39 Å². The summed E-state index contributed by atoms with van der Waals surface area (Å²) in [5.41, 5.74) is 0.530. The molecule has 0 bridgehead atoms. The maximum Gasteiger partial charge on any atom is 0.416 e. The van der Waals surface area contributed by atoms with E-state index in [2.05, 4.69) is 10.3 Å². The maximum atomic E-state index is 13.8. The number of thiophene rings is 1. The minimum absolute atomic E-state index is 0.154. The lowest BCUT2D eigenvalue weighted by atomic mass is 10.1. The van der Waals surface area contributed by atoms with Crippen molar-refractivity contribution in [3.63, 3.8) is 0 Å². The highest BCUT2D eigenvalue weighted by Gasteiger charge is 2.31. The van der Waals surface area contributed by atoms with Crippen LogP contribution in [0.25, 0.3) is 11.3 Å². The number of aromatic nitrogens is 1. The summed E-state index contributed by atoms with van der Waals surface area (Å²) in [5, 5.41) is 5.98. The largest absolute Gasteiger partial charge is 0.416 e. The van der Waals surface area contributed by atoms with Crippen molar-refractivity contribution in [2.24, 2.45) is 0 Å². The summed E-state index contributed by atoms with van der Waals surface area (Å²) in [6.45, 7) is 1.60. The number of carbonyl (C=O) groups excluding carboxylic acids is 1. The molecule has 3 rings (SSSR count). The second-order valence-corrected chi connectivity index (χ2v) is 6.27. The van der Waals surface area contributed by atoms with Gasteiger partial charge < -0.3 is 5.32 Å². The number of carbonyl (C=O) groups is 1. The summed E-state index contributed by atoms with van der Waals surface area (Å²) in [6.07, 6.45) is -4.63. The molecule has 3 aromatic rings. The van der Waals surface area contributed by atoms with Gasteiger partial charge in [-0.1, -0.05) is 0 Å². The van der Waals surface area contributed by atoms with E-state index in [4.69, 9.17) is 0 Å². The van der Waals surface area contributed by atoms with Crippen molar-refractivity contribution in [2.75, 3.05) is 5.32 Å². The Morgan fingerprint density at radius 3 is 2.54 bits per heavy atom. The second-order valence-electron chi connectivity index (χ2n) is 5.49. The Kier molecular flexibility index (Phi) is 4.78. The Balaban J connectivity index is 1.87. The molecule has 2 heterocycles. The lowest BCUT2D eigenvalue weighted by molar-refractivity contribution is -0.137. The van der Waals surface area contributed by atoms with Crippen LogP contribution in [-0.4, -0.2) is 10.9 Å². The first kappa shape index (κ1) is 18.1. The van der Waals surface area contributed by atoms with E-state index in [0.717, 1.165) is 5.56 Å². The minimum atomic E-state index is -4.63. The number of amides is 1. The summed E-state index contributed by atoms with van der Waals surface area (Å²) in [4.78, 5) is 16.7. The number of aryl methyl sites for hydroxylation is 1. The van der Waals surface area contributed by atoms with Crippen LogP contribution in [0.3, 0.4) is 0 Å². The molecule has 0 unspecified atom stereocenters. The molecule has 0 aliphatic carbocycles. The Labute approximate surface area is 150 Å². The number of nitrogens with zero attached hydrogens (tertiary/aromatic N) is 1. The third-order valence-electron chi connectivity index (χ3n) is 3.69. The van der Waals surface area contributed by atoms with Gasteiger partial charge in [0.1, 0.15) is 5.82 Å². The van der Waals surface area contributed by atoms with Crippen LogP contribution in [0.2, 0.25) is 0 Å². The summed E-state index contributed by atoms with van der Waals surface area (Å²) < 4.78 is 52.1. The average molecular weight is 380 g/mol. The molecule has 8 heteroatoms. The fourth-order valence-corrected chi connectivity index (χ4v) is 3.01. The van der Waals surface area contributed by atoms with E-state index in [1.165, 1.54) is 17.4 Å². The molecule has 0 spiro atoms. The Morgan fingerprint density at radius 1 is 1.15 bits per heavy atom. The molecule has 26 heavy (non-hydrogen) atoms. The first-order chi connectivity index (χ1) is 12.3. The summed E-state index contributed by atoms with van der Waals surface area (Å²) in [6, 6.07) is 6.87. The highest BCUT2D eigenvalue weighted by molar-refractivity contribution is 7.08. The molecule has 1 aromatic carbocycles. The van der Waals surface area contributed by atoms with Crippen LogP contribution in [-0.2, 0) is 6.18 Å². The van der Waals surface area contributed by atoms with Gasteiger partial charge in [-0.2, -0.15) is 24.5 Å². The van der Waals surface area contributed by atoms with Gasteiger partial charge in [-0.3, -0.25) is 9.78 Å². The zero-order valence-corrected chi connectivity index (χ0v) is 14.2. The van der Waals surface area contributed by atoms with Gasteiger partial charge in [0, 0.05) is 10.9 Å². The maximum absolute atomic E-state index is 13.8.